The first-order chi connectivity index (χ1) is 10.5. The number of hydrogen-bond acceptors (Lipinski definition) is 3. The summed E-state index contributed by atoms with van der Waals surface area (Å²) in [5, 5.41) is 8.32. The van der Waals surface area contributed by atoms with Gasteiger partial charge in [0.05, 0.1) is 0 Å². The van der Waals surface area contributed by atoms with Crippen LogP contribution in [0.5, 0.6) is 0 Å². The van der Waals surface area contributed by atoms with Gasteiger partial charge in [-0.3, -0.25) is 15.1 Å². The van der Waals surface area contributed by atoms with Gasteiger partial charge < -0.3 is 15.5 Å². The molecule has 0 radical (unpaired) electrons. The molecule has 2 rings (SSSR count). The predicted molar refractivity (Wildman–Crippen MR) is 99.6 cm³/mol. The number of urea groups is 1. The highest BCUT2D eigenvalue weighted by Gasteiger charge is 2.48. The number of nitrogens with one attached hydrogen (secondary N) is 3. The van der Waals surface area contributed by atoms with Crippen molar-refractivity contribution in [2.24, 2.45) is 10.9 Å². The van der Waals surface area contributed by atoms with Gasteiger partial charge in [-0.2, -0.15) is 0 Å². The number of carbonyl (C=O) groups is 2. The van der Waals surface area contributed by atoms with E-state index >= 15 is 0 Å². The number of imide groups is 1. The fourth-order valence-corrected chi connectivity index (χ4v) is 3.09. The van der Waals surface area contributed by atoms with E-state index in [1.807, 2.05) is 0 Å². The van der Waals surface area contributed by atoms with E-state index in [-0.39, 0.29) is 35.8 Å². The number of rotatable bonds is 3. The molecule has 2 heterocycles. The molecule has 0 spiro atoms. The normalized spacial score (nSPS) is 25.3. The number of amides is 3. The molecule has 0 aromatic carbocycles. The Morgan fingerprint density at radius 3 is 2.61 bits per heavy atom. The predicted octanol–water partition coefficient (Wildman–Crippen LogP) is 0.513. The lowest BCUT2D eigenvalue weighted by Crippen LogP contribution is -2.55. The molecular formula is C15H24IN5O2. The number of nitrogens with zero attached hydrogens (tertiary/aromatic N) is 2. The van der Waals surface area contributed by atoms with Crippen LogP contribution in [-0.4, -0.2) is 55.0 Å². The van der Waals surface area contributed by atoms with Gasteiger partial charge in [-0.1, -0.05) is 0 Å². The number of aliphatic imine (C=N–C) groups is 1. The Bertz CT molecular complexity index is 522. The van der Waals surface area contributed by atoms with Gasteiger partial charge in [-0.05, 0) is 25.7 Å². The lowest BCUT2D eigenvalue weighted by atomic mass is 9.79. The van der Waals surface area contributed by atoms with E-state index in [9.17, 15) is 9.59 Å². The van der Waals surface area contributed by atoms with Crippen LogP contribution in [0.1, 0.15) is 26.2 Å². The van der Waals surface area contributed by atoms with Gasteiger partial charge in [0.1, 0.15) is 5.54 Å². The monoisotopic (exact) mass is 433 g/mol. The molecule has 0 aromatic heterocycles. The van der Waals surface area contributed by atoms with Crippen LogP contribution in [0.3, 0.4) is 0 Å². The minimum Gasteiger partial charge on any atom is -0.355 e. The van der Waals surface area contributed by atoms with Crippen molar-refractivity contribution in [3.63, 3.8) is 0 Å². The summed E-state index contributed by atoms with van der Waals surface area (Å²) in [6, 6.07) is -0.401. The molecule has 2 saturated heterocycles. The van der Waals surface area contributed by atoms with Gasteiger partial charge in [-0.25, -0.2) is 4.79 Å². The van der Waals surface area contributed by atoms with Gasteiger partial charge in [0, 0.05) is 33.1 Å². The van der Waals surface area contributed by atoms with Crippen LogP contribution >= 0.6 is 24.0 Å². The van der Waals surface area contributed by atoms with Crippen LogP contribution in [-0.2, 0) is 4.79 Å². The summed E-state index contributed by atoms with van der Waals surface area (Å²) in [4.78, 5) is 29.8. The number of guanidine groups is 1. The van der Waals surface area contributed by atoms with E-state index < -0.39 is 11.6 Å². The molecule has 2 aliphatic rings. The molecule has 2 aliphatic heterocycles. The smallest absolute Gasteiger partial charge is 0.322 e. The largest absolute Gasteiger partial charge is 0.355 e. The summed E-state index contributed by atoms with van der Waals surface area (Å²) in [7, 11) is 1.75. The summed E-state index contributed by atoms with van der Waals surface area (Å²) < 4.78 is 0. The number of halogens is 1. The third-order valence-electron chi connectivity index (χ3n) is 4.45. The Morgan fingerprint density at radius 1 is 1.48 bits per heavy atom. The van der Waals surface area contributed by atoms with Crippen LogP contribution < -0.4 is 16.0 Å². The first kappa shape index (κ1) is 19.5. The second-order valence-corrected chi connectivity index (χ2v) is 5.80. The number of carbonyl (C=O) groups excluding carboxylic acids is 2. The van der Waals surface area contributed by atoms with Crippen molar-refractivity contribution in [3.05, 3.63) is 0 Å². The maximum absolute atomic E-state index is 12.0. The summed E-state index contributed by atoms with van der Waals surface area (Å²) in [6.07, 6.45) is 7.54. The van der Waals surface area contributed by atoms with E-state index in [2.05, 4.69) is 31.8 Å². The van der Waals surface area contributed by atoms with E-state index in [0.717, 1.165) is 31.9 Å². The second-order valence-electron chi connectivity index (χ2n) is 5.80. The van der Waals surface area contributed by atoms with Crippen molar-refractivity contribution in [1.29, 1.82) is 0 Å². The Labute approximate surface area is 154 Å². The van der Waals surface area contributed by atoms with Crippen LogP contribution in [0.2, 0.25) is 0 Å². The van der Waals surface area contributed by atoms with Crippen LogP contribution in [0.25, 0.3) is 0 Å². The molecule has 23 heavy (non-hydrogen) atoms. The van der Waals surface area contributed by atoms with Gasteiger partial charge >= 0.3 is 6.03 Å². The molecule has 7 nitrogen and oxygen atoms in total. The van der Waals surface area contributed by atoms with E-state index in [1.54, 1.807) is 14.0 Å². The Kier molecular flexibility index (Phi) is 7.12. The van der Waals surface area contributed by atoms with Gasteiger partial charge in [0.2, 0.25) is 0 Å². The number of terminal acetylenes is 1. The standard InChI is InChI=1S/C15H23N5O2.HI/c1-4-5-8-17-13(16-3)20-9-6-11(7-10-20)15(2)12(21)18-14(22)19-15;/h1,11H,5-10H2,2-3H3,(H,16,17)(H2,18,19,21,22);1H. The summed E-state index contributed by atoms with van der Waals surface area (Å²) in [6.45, 7) is 4.07. The lowest BCUT2D eigenvalue weighted by Gasteiger charge is -2.39. The molecule has 0 aliphatic carbocycles. The molecule has 1 unspecified atom stereocenters. The fourth-order valence-electron chi connectivity index (χ4n) is 3.09. The van der Waals surface area contributed by atoms with Gasteiger partial charge in [-0.15, -0.1) is 36.3 Å². The zero-order valence-electron chi connectivity index (χ0n) is 13.5. The molecule has 0 aromatic rings. The highest BCUT2D eigenvalue weighted by atomic mass is 127. The maximum Gasteiger partial charge on any atom is 0.322 e. The molecule has 0 saturated carbocycles. The van der Waals surface area contributed by atoms with Crippen molar-refractivity contribution in [3.8, 4) is 12.3 Å². The molecule has 8 heteroatoms. The highest BCUT2D eigenvalue weighted by Crippen LogP contribution is 2.30. The van der Waals surface area contributed by atoms with Gasteiger partial charge in [0.15, 0.2) is 5.96 Å². The quantitative estimate of drug-likeness (QED) is 0.151. The zero-order chi connectivity index (χ0) is 16.2. The summed E-state index contributed by atoms with van der Waals surface area (Å²) in [5.74, 6) is 3.31. The van der Waals surface area contributed by atoms with E-state index in [0.29, 0.717) is 13.0 Å². The molecule has 3 amide bonds. The molecule has 0 bridgehead atoms. The van der Waals surface area contributed by atoms with Crippen LogP contribution in [0, 0.1) is 18.3 Å². The molecule has 1 atom stereocenters. The SMILES string of the molecule is C#CCCNC(=NC)N1CCC(C2(C)NC(=O)NC2=O)CC1.I. The van der Waals surface area contributed by atoms with Crippen molar-refractivity contribution in [1.82, 2.24) is 20.9 Å². The third-order valence-corrected chi connectivity index (χ3v) is 4.45. The highest BCUT2D eigenvalue weighted by molar-refractivity contribution is 14.0. The first-order valence-corrected chi connectivity index (χ1v) is 7.54. The molecule has 2 fully saturated rings. The summed E-state index contributed by atoms with van der Waals surface area (Å²) in [5.41, 5.74) is -0.802. The van der Waals surface area contributed by atoms with E-state index in [4.69, 9.17) is 6.42 Å². The number of likely N-dealkylation sites (tertiary alicyclic amines) is 1. The van der Waals surface area contributed by atoms with Crippen LogP contribution in [0.4, 0.5) is 4.79 Å². The average Bonchev–Trinajstić information content (AvgIpc) is 2.78. The molecule has 3 N–H and O–H groups in total. The topological polar surface area (TPSA) is 85.8 Å². The summed E-state index contributed by atoms with van der Waals surface area (Å²) >= 11 is 0. The Balaban J connectivity index is 0.00000264. The minimum absolute atomic E-state index is 0. The van der Waals surface area contributed by atoms with E-state index in [1.165, 1.54) is 0 Å². The minimum atomic E-state index is -0.802. The second kappa shape index (κ2) is 8.38. The van der Waals surface area contributed by atoms with Crippen molar-refractivity contribution < 1.29 is 9.59 Å². The molecule has 128 valence electrons. The Hall–Kier alpha value is -1.50. The first-order valence-electron chi connectivity index (χ1n) is 7.54. The number of piperidine rings is 1. The van der Waals surface area contributed by atoms with Crippen molar-refractivity contribution >= 4 is 41.9 Å². The van der Waals surface area contributed by atoms with Crippen molar-refractivity contribution in [2.75, 3.05) is 26.7 Å². The lowest BCUT2D eigenvalue weighted by molar-refractivity contribution is -0.125. The van der Waals surface area contributed by atoms with Crippen molar-refractivity contribution in [2.45, 2.75) is 31.7 Å². The number of hydrogen-bond donors (Lipinski definition) is 3. The third kappa shape index (κ3) is 4.28. The average molecular weight is 433 g/mol. The zero-order valence-corrected chi connectivity index (χ0v) is 15.8. The van der Waals surface area contributed by atoms with Crippen LogP contribution in [0.15, 0.2) is 4.99 Å². The van der Waals surface area contributed by atoms with Gasteiger partial charge in [0.25, 0.3) is 5.91 Å². The fraction of sp³-hybridized carbons (Fsp3) is 0.667. The Morgan fingerprint density at radius 2 is 2.13 bits per heavy atom. The molecular weight excluding hydrogens is 409 g/mol. The maximum atomic E-state index is 12.0.